The molecule has 0 amide bonds. The van der Waals surface area contributed by atoms with Gasteiger partial charge in [-0.1, -0.05) is 0 Å². The molecular formula is C27H50ClP. The van der Waals surface area contributed by atoms with E-state index >= 15 is 0 Å². The summed E-state index contributed by atoms with van der Waals surface area (Å²) in [5.41, 5.74) is 2.94. The molecule has 29 heavy (non-hydrogen) atoms. The quantitative estimate of drug-likeness (QED) is 0.157. The second-order valence-electron chi connectivity index (χ2n) is 9.50. The second kappa shape index (κ2) is 14.9. The standard InChI is InChI=1S/C27H50ClP/c1-5-9-12-15-22-29(28,23-16-13-10-6-2,24-17-14-11-7-3)25-27-20-18-26(8-4)19-21-27/h18-21H,5-17,22-25H2,1-4H3. The van der Waals surface area contributed by atoms with Crippen molar-refractivity contribution in [3.8, 4) is 0 Å². The summed E-state index contributed by atoms with van der Waals surface area (Å²) in [6.45, 7) is 9.17. The van der Waals surface area contributed by atoms with Gasteiger partial charge in [-0.25, -0.2) is 0 Å². The van der Waals surface area contributed by atoms with Gasteiger partial charge < -0.3 is 0 Å². The average molecular weight is 441 g/mol. The van der Waals surface area contributed by atoms with Gasteiger partial charge in [-0.15, -0.1) is 0 Å². The van der Waals surface area contributed by atoms with Crippen molar-refractivity contribution in [2.45, 2.75) is 117 Å². The Morgan fingerprint density at radius 2 is 0.931 bits per heavy atom. The number of rotatable bonds is 18. The van der Waals surface area contributed by atoms with Crippen LogP contribution in [0.15, 0.2) is 24.3 Å². The molecular weight excluding hydrogens is 391 g/mol. The van der Waals surface area contributed by atoms with Gasteiger partial charge in [0.1, 0.15) is 0 Å². The van der Waals surface area contributed by atoms with Crippen molar-refractivity contribution in [1.29, 1.82) is 0 Å². The Hall–Kier alpha value is -0.0600. The predicted molar refractivity (Wildman–Crippen MR) is 139 cm³/mol. The van der Waals surface area contributed by atoms with Crippen molar-refractivity contribution in [3.05, 3.63) is 35.4 Å². The molecule has 1 aromatic rings. The molecule has 0 bridgehead atoms. The van der Waals surface area contributed by atoms with Crippen LogP contribution >= 0.6 is 17.2 Å². The van der Waals surface area contributed by atoms with Crippen LogP contribution < -0.4 is 0 Å². The summed E-state index contributed by atoms with van der Waals surface area (Å²) in [6.07, 6.45) is 22.3. The Morgan fingerprint density at radius 1 is 0.552 bits per heavy atom. The molecule has 0 unspecified atom stereocenters. The van der Waals surface area contributed by atoms with Crippen molar-refractivity contribution in [2.24, 2.45) is 0 Å². The molecule has 0 saturated heterocycles. The third-order valence-electron chi connectivity index (χ3n) is 6.72. The van der Waals surface area contributed by atoms with E-state index in [1.807, 2.05) is 0 Å². The summed E-state index contributed by atoms with van der Waals surface area (Å²) in [5.74, 6) is -2.24. The summed E-state index contributed by atoms with van der Waals surface area (Å²) >= 11 is 7.97. The van der Waals surface area contributed by atoms with E-state index in [0.29, 0.717) is 0 Å². The molecule has 1 aromatic carbocycles. The summed E-state index contributed by atoms with van der Waals surface area (Å²) in [4.78, 5) is 0. The minimum atomic E-state index is -2.24. The van der Waals surface area contributed by atoms with Crippen LogP contribution in [-0.4, -0.2) is 18.5 Å². The van der Waals surface area contributed by atoms with Crippen LogP contribution in [0.5, 0.6) is 0 Å². The summed E-state index contributed by atoms with van der Waals surface area (Å²) in [6, 6.07) is 9.43. The van der Waals surface area contributed by atoms with E-state index in [-0.39, 0.29) is 0 Å². The molecule has 0 radical (unpaired) electrons. The van der Waals surface area contributed by atoms with Gasteiger partial charge in [-0.2, -0.15) is 0 Å². The Morgan fingerprint density at radius 3 is 1.28 bits per heavy atom. The molecule has 0 fully saturated rings. The first-order valence-corrected chi connectivity index (χ1v) is 16.7. The molecule has 0 aromatic heterocycles. The molecule has 0 atom stereocenters. The molecule has 170 valence electrons. The average Bonchev–Trinajstić information content (AvgIpc) is 2.73. The van der Waals surface area contributed by atoms with Gasteiger partial charge in [-0.05, 0) is 0 Å². The topological polar surface area (TPSA) is 0 Å². The summed E-state index contributed by atoms with van der Waals surface area (Å²) in [7, 11) is 0. The predicted octanol–water partition coefficient (Wildman–Crippen LogP) is 10.2. The SMILES string of the molecule is CCCCCCP(Cl)(CCCCCC)(CCCCCC)Cc1ccc(CC)cc1. The van der Waals surface area contributed by atoms with Gasteiger partial charge in [0.15, 0.2) is 0 Å². The molecule has 0 saturated carbocycles. The fourth-order valence-corrected chi connectivity index (χ4v) is 11.5. The van der Waals surface area contributed by atoms with Gasteiger partial charge in [0.05, 0.1) is 0 Å². The van der Waals surface area contributed by atoms with Gasteiger partial charge >= 0.3 is 188 Å². The third-order valence-corrected chi connectivity index (χ3v) is 14.1. The van der Waals surface area contributed by atoms with Crippen LogP contribution in [0, 0.1) is 0 Å². The fourth-order valence-electron chi connectivity index (χ4n) is 4.71. The second-order valence-corrected chi connectivity index (χ2v) is 17.7. The van der Waals surface area contributed by atoms with Crippen molar-refractivity contribution in [1.82, 2.24) is 0 Å². The van der Waals surface area contributed by atoms with Crippen molar-refractivity contribution >= 4 is 17.2 Å². The zero-order valence-electron chi connectivity index (χ0n) is 20.2. The molecule has 0 aliphatic heterocycles. The van der Waals surface area contributed by atoms with Crippen LogP contribution in [0.2, 0.25) is 0 Å². The molecule has 0 heterocycles. The van der Waals surface area contributed by atoms with Gasteiger partial charge in [0.25, 0.3) is 0 Å². The Bertz CT molecular complexity index is 488. The van der Waals surface area contributed by atoms with E-state index in [2.05, 4.69) is 52.0 Å². The van der Waals surface area contributed by atoms with Crippen LogP contribution in [-0.2, 0) is 12.6 Å². The van der Waals surface area contributed by atoms with E-state index in [9.17, 15) is 0 Å². The first-order chi connectivity index (χ1) is 14.0. The Labute approximate surface area is 188 Å². The van der Waals surface area contributed by atoms with E-state index in [0.717, 1.165) is 6.42 Å². The fraction of sp³-hybridized carbons (Fsp3) is 0.778. The summed E-state index contributed by atoms with van der Waals surface area (Å²) in [5, 5.41) is 0. The molecule has 2 heteroatoms. The number of halogens is 1. The van der Waals surface area contributed by atoms with Crippen molar-refractivity contribution < 1.29 is 0 Å². The summed E-state index contributed by atoms with van der Waals surface area (Å²) < 4.78 is 0. The Balaban J connectivity index is 3.02. The molecule has 1 rings (SSSR count). The van der Waals surface area contributed by atoms with Crippen LogP contribution in [0.25, 0.3) is 0 Å². The zero-order valence-corrected chi connectivity index (χ0v) is 21.8. The number of aryl methyl sites for hydroxylation is 1. The van der Waals surface area contributed by atoms with E-state index in [1.165, 1.54) is 113 Å². The van der Waals surface area contributed by atoms with E-state index in [1.54, 1.807) is 0 Å². The van der Waals surface area contributed by atoms with Crippen molar-refractivity contribution in [3.63, 3.8) is 0 Å². The molecule has 0 N–H and O–H groups in total. The monoisotopic (exact) mass is 440 g/mol. The maximum atomic E-state index is 7.97. The molecule has 0 aliphatic rings. The van der Waals surface area contributed by atoms with E-state index in [4.69, 9.17) is 11.2 Å². The number of benzene rings is 1. The first-order valence-electron chi connectivity index (χ1n) is 12.8. The number of unbranched alkanes of at least 4 members (excludes halogenated alkanes) is 9. The number of hydrogen-bond donors (Lipinski definition) is 0. The molecule has 0 aliphatic carbocycles. The maximum absolute atomic E-state index is 7.97. The first kappa shape index (κ1) is 27.0. The van der Waals surface area contributed by atoms with Crippen LogP contribution in [0.4, 0.5) is 0 Å². The van der Waals surface area contributed by atoms with Crippen molar-refractivity contribution in [2.75, 3.05) is 18.5 Å². The number of hydrogen-bond acceptors (Lipinski definition) is 0. The molecule has 0 spiro atoms. The molecule has 0 nitrogen and oxygen atoms in total. The minimum absolute atomic E-state index is 1.12. The van der Waals surface area contributed by atoms with Gasteiger partial charge in [-0.3, -0.25) is 0 Å². The van der Waals surface area contributed by atoms with Crippen LogP contribution in [0.1, 0.15) is 116 Å². The van der Waals surface area contributed by atoms with Gasteiger partial charge in [0, 0.05) is 0 Å². The van der Waals surface area contributed by atoms with Gasteiger partial charge in [0.2, 0.25) is 0 Å². The van der Waals surface area contributed by atoms with E-state index < -0.39 is 5.96 Å². The van der Waals surface area contributed by atoms with Crippen LogP contribution in [0.3, 0.4) is 0 Å². The normalized spacial score (nSPS) is 13.3. The zero-order chi connectivity index (χ0) is 21.5. The third kappa shape index (κ3) is 10.7. The Kier molecular flexibility index (Phi) is 13.8.